The molecule has 0 spiro atoms. The van der Waals surface area contributed by atoms with Crippen LogP contribution >= 0.6 is 7.52 Å². The molecule has 3 aromatic carbocycles. The number of carboxylic acids is 1. The third-order valence-corrected chi connectivity index (χ3v) is 6.87. The summed E-state index contributed by atoms with van der Waals surface area (Å²) >= 11 is 0. The summed E-state index contributed by atoms with van der Waals surface area (Å²) in [5.74, 6) is -0.930. The standard InChI is InChI=1S/C23H26NO4P/c1-2-23(16-15-22(25)26,21-14-8-12-19-11-6-7-13-20(19)21)24-29(27,28)17-18-9-4-3-5-10-18/h3-14H,2,15-17H2,1H3,(H,25,26)(H2,24,27,28). The van der Waals surface area contributed by atoms with Gasteiger partial charge in [0.05, 0.1) is 11.7 Å². The van der Waals surface area contributed by atoms with Gasteiger partial charge in [-0.1, -0.05) is 79.7 Å². The average Bonchev–Trinajstić information content (AvgIpc) is 2.71. The third kappa shape index (κ3) is 5.13. The summed E-state index contributed by atoms with van der Waals surface area (Å²) in [4.78, 5) is 22.2. The first-order valence-electron chi connectivity index (χ1n) is 9.70. The van der Waals surface area contributed by atoms with Gasteiger partial charge in [-0.15, -0.1) is 0 Å². The molecule has 0 aliphatic rings. The lowest BCUT2D eigenvalue weighted by Gasteiger charge is -2.37. The fourth-order valence-electron chi connectivity index (χ4n) is 3.86. The average molecular weight is 411 g/mol. The van der Waals surface area contributed by atoms with Gasteiger partial charge in [0.1, 0.15) is 0 Å². The highest BCUT2D eigenvalue weighted by molar-refractivity contribution is 7.55. The van der Waals surface area contributed by atoms with Crippen molar-refractivity contribution in [2.45, 2.75) is 37.9 Å². The first kappa shape index (κ1) is 21.3. The Hall–Kier alpha value is -2.46. The zero-order chi connectivity index (χ0) is 20.9. The Bertz CT molecular complexity index is 1030. The monoisotopic (exact) mass is 411 g/mol. The molecule has 0 heterocycles. The van der Waals surface area contributed by atoms with Gasteiger partial charge in [-0.25, -0.2) is 5.09 Å². The molecule has 0 radical (unpaired) electrons. The molecule has 3 rings (SSSR count). The lowest BCUT2D eigenvalue weighted by atomic mass is 9.81. The van der Waals surface area contributed by atoms with Gasteiger partial charge in [0, 0.05) is 6.42 Å². The highest BCUT2D eigenvalue weighted by atomic mass is 31.2. The number of hydrogen-bond acceptors (Lipinski definition) is 2. The maximum Gasteiger partial charge on any atom is 0.303 e. The Morgan fingerprint density at radius 1 is 1.00 bits per heavy atom. The van der Waals surface area contributed by atoms with E-state index < -0.39 is 19.0 Å². The number of benzene rings is 3. The lowest BCUT2D eigenvalue weighted by molar-refractivity contribution is -0.137. The van der Waals surface area contributed by atoms with Crippen molar-refractivity contribution in [1.82, 2.24) is 5.09 Å². The van der Waals surface area contributed by atoms with Crippen molar-refractivity contribution < 1.29 is 19.4 Å². The first-order valence-corrected chi connectivity index (χ1v) is 11.5. The van der Waals surface area contributed by atoms with Gasteiger partial charge in [0.15, 0.2) is 0 Å². The Kier molecular flexibility index (Phi) is 6.53. The van der Waals surface area contributed by atoms with Crippen LogP contribution in [0.4, 0.5) is 0 Å². The van der Waals surface area contributed by atoms with E-state index in [1.165, 1.54) is 0 Å². The summed E-state index contributed by atoms with van der Waals surface area (Å²) < 4.78 is 13.2. The van der Waals surface area contributed by atoms with Gasteiger partial charge < -0.3 is 10.00 Å². The molecule has 5 nitrogen and oxygen atoms in total. The second-order valence-electron chi connectivity index (χ2n) is 7.31. The van der Waals surface area contributed by atoms with Crippen LogP contribution < -0.4 is 5.09 Å². The molecule has 0 aliphatic carbocycles. The molecule has 0 bridgehead atoms. The number of carbonyl (C=O) groups is 1. The van der Waals surface area contributed by atoms with Crippen molar-refractivity contribution in [3.8, 4) is 0 Å². The smallest absolute Gasteiger partial charge is 0.303 e. The Morgan fingerprint density at radius 3 is 2.34 bits per heavy atom. The summed E-state index contributed by atoms with van der Waals surface area (Å²) in [6.07, 6.45) is 0.572. The summed E-state index contributed by atoms with van der Waals surface area (Å²) in [6.45, 7) is 1.92. The summed E-state index contributed by atoms with van der Waals surface area (Å²) in [5, 5.41) is 14.3. The lowest BCUT2D eigenvalue weighted by Crippen LogP contribution is -2.41. The maximum atomic E-state index is 13.2. The molecule has 6 heteroatoms. The van der Waals surface area contributed by atoms with Crippen molar-refractivity contribution in [3.63, 3.8) is 0 Å². The highest BCUT2D eigenvalue weighted by Gasteiger charge is 2.38. The molecule has 2 unspecified atom stereocenters. The van der Waals surface area contributed by atoms with Crippen molar-refractivity contribution in [3.05, 3.63) is 83.9 Å². The second-order valence-corrected chi connectivity index (χ2v) is 9.26. The van der Waals surface area contributed by atoms with E-state index in [0.29, 0.717) is 6.42 Å². The van der Waals surface area contributed by atoms with E-state index in [2.05, 4.69) is 5.09 Å². The van der Waals surface area contributed by atoms with Crippen molar-refractivity contribution in [2.75, 3.05) is 0 Å². The molecule has 152 valence electrons. The van der Waals surface area contributed by atoms with E-state index in [1.807, 2.05) is 79.7 Å². The van der Waals surface area contributed by atoms with Crippen LogP contribution in [-0.2, 0) is 21.1 Å². The Morgan fingerprint density at radius 2 is 1.66 bits per heavy atom. The van der Waals surface area contributed by atoms with Crippen molar-refractivity contribution >= 4 is 24.3 Å². The number of carboxylic acid groups (broad SMARTS) is 1. The first-order chi connectivity index (χ1) is 13.9. The molecule has 0 aromatic heterocycles. The van der Waals surface area contributed by atoms with E-state index in [4.69, 9.17) is 0 Å². The molecule has 3 aromatic rings. The predicted molar refractivity (Wildman–Crippen MR) is 116 cm³/mol. The number of nitrogens with one attached hydrogen (secondary N) is 1. The minimum Gasteiger partial charge on any atom is -0.481 e. The SMILES string of the molecule is CCC(CCC(=O)O)(NP(=O)(O)Cc1ccccc1)c1cccc2ccccc12. The highest BCUT2D eigenvalue weighted by Crippen LogP contribution is 2.48. The van der Waals surface area contributed by atoms with Crippen molar-refractivity contribution in [2.24, 2.45) is 0 Å². The molecule has 0 aliphatic heterocycles. The molecule has 0 saturated carbocycles. The van der Waals surface area contributed by atoms with E-state index in [9.17, 15) is 19.4 Å². The van der Waals surface area contributed by atoms with Crippen LogP contribution in [0, 0.1) is 0 Å². The number of fused-ring (bicyclic) bond motifs is 1. The zero-order valence-corrected chi connectivity index (χ0v) is 17.3. The van der Waals surface area contributed by atoms with E-state index >= 15 is 0 Å². The molecule has 2 atom stereocenters. The summed E-state index contributed by atoms with van der Waals surface area (Å²) in [6, 6.07) is 22.8. The fraction of sp³-hybridized carbons (Fsp3) is 0.261. The molecule has 0 fully saturated rings. The fourth-order valence-corrected chi connectivity index (χ4v) is 5.71. The second kappa shape index (κ2) is 8.91. The van der Waals surface area contributed by atoms with Crippen LogP contribution in [-0.4, -0.2) is 16.0 Å². The van der Waals surface area contributed by atoms with Gasteiger partial charge in [-0.3, -0.25) is 9.36 Å². The van der Waals surface area contributed by atoms with Crippen molar-refractivity contribution in [1.29, 1.82) is 0 Å². The molecular weight excluding hydrogens is 385 g/mol. The van der Waals surface area contributed by atoms with Crippen LogP contribution in [0.3, 0.4) is 0 Å². The summed E-state index contributed by atoms with van der Waals surface area (Å²) in [7, 11) is -3.80. The molecule has 29 heavy (non-hydrogen) atoms. The van der Waals surface area contributed by atoms with Gasteiger partial charge >= 0.3 is 5.97 Å². The van der Waals surface area contributed by atoms with Gasteiger partial charge in [-0.05, 0) is 34.7 Å². The maximum absolute atomic E-state index is 13.2. The normalized spacial score (nSPS) is 15.5. The topological polar surface area (TPSA) is 86.6 Å². The van der Waals surface area contributed by atoms with Crippen LogP contribution in [0.2, 0.25) is 0 Å². The minimum atomic E-state index is -3.80. The number of hydrogen-bond donors (Lipinski definition) is 3. The largest absolute Gasteiger partial charge is 0.481 e. The van der Waals surface area contributed by atoms with E-state index in [0.717, 1.165) is 21.9 Å². The van der Waals surface area contributed by atoms with E-state index in [-0.39, 0.29) is 19.0 Å². The van der Waals surface area contributed by atoms with E-state index in [1.54, 1.807) is 0 Å². The van der Waals surface area contributed by atoms with Gasteiger partial charge in [0.25, 0.3) is 7.52 Å². The van der Waals surface area contributed by atoms with Crippen LogP contribution in [0.25, 0.3) is 10.8 Å². The quantitative estimate of drug-likeness (QED) is 0.417. The van der Waals surface area contributed by atoms with Crippen LogP contribution in [0.5, 0.6) is 0 Å². The zero-order valence-electron chi connectivity index (χ0n) is 16.4. The van der Waals surface area contributed by atoms with Crippen LogP contribution in [0.1, 0.15) is 37.3 Å². The predicted octanol–water partition coefficient (Wildman–Crippen LogP) is 5.29. The molecule has 0 saturated heterocycles. The Balaban J connectivity index is 2.05. The number of aliphatic carboxylic acids is 1. The minimum absolute atomic E-state index is 0.0204. The Labute approximate surface area is 170 Å². The van der Waals surface area contributed by atoms with Crippen LogP contribution in [0.15, 0.2) is 72.8 Å². The van der Waals surface area contributed by atoms with Gasteiger partial charge in [-0.2, -0.15) is 0 Å². The molecular formula is C23H26NO4P. The molecule has 0 amide bonds. The van der Waals surface area contributed by atoms with Gasteiger partial charge in [0.2, 0.25) is 0 Å². The third-order valence-electron chi connectivity index (χ3n) is 5.30. The number of rotatable bonds is 9. The molecule has 3 N–H and O–H groups in total. The summed E-state index contributed by atoms with van der Waals surface area (Å²) in [5.41, 5.74) is 0.673.